The highest BCUT2D eigenvalue weighted by Crippen LogP contribution is 2.25. The third-order valence-electron chi connectivity index (χ3n) is 6.40. The SMILES string of the molecule is CC=C[C@H](CC(=O)O)c1ccc(OCc2ccc(CN3CC=C(c4ccccc4)CC3)cc2)cc1. The first-order valence-corrected chi connectivity index (χ1v) is 12.2. The van der Waals surface area contributed by atoms with Gasteiger partial charge in [0.15, 0.2) is 0 Å². The molecular formula is C31H33NO3. The number of carboxylic acids is 1. The highest BCUT2D eigenvalue weighted by atomic mass is 16.5. The number of nitrogens with zero attached hydrogens (tertiary/aromatic N) is 1. The molecule has 0 unspecified atom stereocenters. The number of aliphatic carboxylic acids is 1. The lowest BCUT2D eigenvalue weighted by molar-refractivity contribution is -0.137. The van der Waals surface area contributed by atoms with Crippen molar-refractivity contribution in [3.05, 3.63) is 119 Å². The molecule has 0 amide bonds. The van der Waals surface area contributed by atoms with E-state index >= 15 is 0 Å². The Morgan fingerprint density at radius 2 is 1.71 bits per heavy atom. The minimum Gasteiger partial charge on any atom is -0.489 e. The van der Waals surface area contributed by atoms with Crippen molar-refractivity contribution in [3.63, 3.8) is 0 Å². The molecule has 0 spiro atoms. The minimum atomic E-state index is -0.800. The van der Waals surface area contributed by atoms with Crippen LogP contribution in [0.1, 0.15) is 47.9 Å². The third kappa shape index (κ3) is 7.17. The van der Waals surface area contributed by atoms with Crippen LogP contribution in [0, 0.1) is 0 Å². The van der Waals surface area contributed by atoms with Gasteiger partial charge in [0.25, 0.3) is 0 Å². The molecule has 1 heterocycles. The first-order chi connectivity index (χ1) is 17.1. The minimum absolute atomic E-state index is 0.0821. The summed E-state index contributed by atoms with van der Waals surface area (Å²) in [6.45, 7) is 5.41. The summed E-state index contributed by atoms with van der Waals surface area (Å²) in [7, 11) is 0. The topological polar surface area (TPSA) is 49.8 Å². The zero-order chi connectivity index (χ0) is 24.5. The van der Waals surface area contributed by atoms with Gasteiger partial charge in [-0.2, -0.15) is 0 Å². The molecule has 1 aliphatic rings. The van der Waals surface area contributed by atoms with Gasteiger partial charge in [0.1, 0.15) is 12.4 Å². The second-order valence-corrected chi connectivity index (χ2v) is 8.98. The Bertz CT molecular complexity index is 1150. The molecular weight excluding hydrogens is 434 g/mol. The number of rotatable bonds is 10. The molecule has 4 nitrogen and oxygen atoms in total. The van der Waals surface area contributed by atoms with Gasteiger partial charge in [-0.15, -0.1) is 0 Å². The second kappa shape index (κ2) is 12.2. The largest absolute Gasteiger partial charge is 0.489 e. The number of hydrogen-bond acceptors (Lipinski definition) is 3. The average molecular weight is 468 g/mol. The van der Waals surface area contributed by atoms with Crippen molar-refractivity contribution in [1.29, 1.82) is 0 Å². The van der Waals surface area contributed by atoms with Gasteiger partial charge in [-0.05, 0) is 53.3 Å². The van der Waals surface area contributed by atoms with Gasteiger partial charge in [-0.1, -0.05) is 85.0 Å². The number of hydrogen-bond donors (Lipinski definition) is 1. The molecule has 3 aromatic rings. The highest BCUT2D eigenvalue weighted by molar-refractivity contribution is 5.68. The van der Waals surface area contributed by atoms with E-state index in [0.717, 1.165) is 42.9 Å². The maximum absolute atomic E-state index is 11.1. The molecule has 3 aromatic carbocycles. The van der Waals surface area contributed by atoms with E-state index in [1.165, 1.54) is 16.7 Å². The first-order valence-electron chi connectivity index (χ1n) is 12.2. The first kappa shape index (κ1) is 24.5. The fraction of sp³-hybridized carbons (Fsp3) is 0.258. The maximum Gasteiger partial charge on any atom is 0.304 e. The predicted molar refractivity (Wildman–Crippen MR) is 141 cm³/mol. The summed E-state index contributed by atoms with van der Waals surface area (Å²) in [6.07, 6.45) is 7.34. The van der Waals surface area contributed by atoms with Gasteiger partial charge in [-0.3, -0.25) is 9.69 Å². The van der Waals surface area contributed by atoms with E-state index in [0.29, 0.717) is 6.61 Å². The molecule has 1 atom stereocenters. The van der Waals surface area contributed by atoms with E-state index in [4.69, 9.17) is 9.84 Å². The van der Waals surface area contributed by atoms with Crippen LogP contribution >= 0.6 is 0 Å². The van der Waals surface area contributed by atoms with Crippen LogP contribution in [0.2, 0.25) is 0 Å². The molecule has 35 heavy (non-hydrogen) atoms. The molecule has 0 saturated heterocycles. The van der Waals surface area contributed by atoms with Crippen molar-refractivity contribution < 1.29 is 14.6 Å². The fourth-order valence-electron chi connectivity index (χ4n) is 4.46. The Kier molecular flexibility index (Phi) is 8.53. The lowest BCUT2D eigenvalue weighted by Gasteiger charge is -2.26. The summed E-state index contributed by atoms with van der Waals surface area (Å²) in [4.78, 5) is 13.6. The summed E-state index contributed by atoms with van der Waals surface area (Å²) in [6, 6.07) is 27.0. The van der Waals surface area contributed by atoms with Gasteiger partial charge in [0.05, 0.1) is 6.42 Å². The van der Waals surface area contributed by atoms with Crippen LogP contribution in [0.3, 0.4) is 0 Å². The molecule has 0 radical (unpaired) electrons. The third-order valence-corrected chi connectivity index (χ3v) is 6.40. The molecule has 0 aromatic heterocycles. The van der Waals surface area contributed by atoms with E-state index in [2.05, 4.69) is 65.6 Å². The summed E-state index contributed by atoms with van der Waals surface area (Å²) in [5.74, 6) is -0.147. The Labute approximate surface area is 208 Å². The smallest absolute Gasteiger partial charge is 0.304 e. The molecule has 0 saturated carbocycles. The van der Waals surface area contributed by atoms with Crippen LogP contribution in [0.4, 0.5) is 0 Å². The molecule has 1 aliphatic heterocycles. The van der Waals surface area contributed by atoms with E-state index in [1.807, 2.05) is 43.3 Å². The normalized spacial score (nSPS) is 15.1. The number of ether oxygens (including phenoxy) is 1. The molecule has 4 heteroatoms. The average Bonchev–Trinajstić information content (AvgIpc) is 2.89. The molecule has 0 fully saturated rings. The Morgan fingerprint density at radius 1 is 1.00 bits per heavy atom. The number of allylic oxidation sites excluding steroid dienone is 2. The van der Waals surface area contributed by atoms with Gasteiger partial charge in [-0.25, -0.2) is 0 Å². The van der Waals surface area contributed by atoms with Crippen LogP contribution in [0.25, 0.3) is 5.57 Å². The number of benzene rings is 3. The van der Waals surface area contributed by atoms with Crippen molar-refractivity contribution in [1.82, 2.24) is 4.90 Å². The van der Waals surface area contributed by atoms with Crippen LogP contribution in [-0.4, -0.2) is 29.1 Å². The van der Waals surface area contributed by atoms with Crippen molar-refractivity contribution in [3.8, 4) is 5.75 Å². The van der Waals surface area contributed by atoms with Gasteiger partial charge in [0.2, 0.25) is 0 Å². The van der Waals surface area contributed by atoms with Crippen molar-refractivity contribution in [2.24, 2.45) is 0 Å². The monoisotopic (exact) mass is 467 g/mol. The molecule has 0 aliphatic carbocycles. The zero-order valence-corrected chi connectivity index (χ0v) is 20.3. The predicted octanol–water partition coefficient (Wildman–Crippen LogP) is 6.69. The molecule has 0 bridgehead atoms. The highest BCUT2D eigenvalue weighted by Gasteiger charge is 2.14. The quantitative estimate of drug-likeness (QED) is 0.338. The summed E-state index contributed by atoms with van der Waals surface area (Å²) in [5, 5.41) is 9.14. The van der Waals surface area contributed by atoms with Crippen LogP contribution in [0.15, 0.2) is 97.1 Å². The fourth-order valence-corrected chi connectivity index (χ4v) is 4.46. The zero-order valence-electron chi connectivity index (χ0n) is 20.3. The van der Waals surface area contributed by atoms with Gasteiger partial charge < -0.3 is 9.84 Å². The summed E-state index contributed by atoms with van der Waals surface area (Å²) >= 11 is 0. The standard InChI is InChI=1S/C31H33NO3/c1-2-6-29(21-31(33)34)27-13-15-30(16-14-27)35-23-25-11-9-24(10-12-25)22-32-19-17-28(18-20-32)26-7-4-3-5-8-26/h2-17,29H,18-23H2,1H3,(H,33,34)/t29-/m1/s1. The lowest BCUT2D eigenvalue weighted by Crippen LogP contribution is -2.28. The van der Waals surface area contributed by atoms with E-state index in [1.54, 1.807) is 0 Å². The Morgan fingerprint density at radius 3 is 2.34 bits per heavy atom. The Hall–Kier alpha value is -3.63. The second-order valence-electron chi connectivity index (χ2n) is 8.98. The van der Waals surface area contributed by atoms with E-state index in [9.17, 15) is 4.79 Å². The van der Waals surface area contributed by atoms with Crippen molar-refractivity contribution in [2.75, 3.05) is 13.1 Å². The Balaban J connectivity index is 1.27. The van der Waals surface area contributed by atoms with E-state index in [-0.39, 0.29) is 12.3 Å². The summed E-state index contributed by atoms with van der Waals surface area (Å²) < 4.78 is 5.96. The van der Waals surface area contributed by atoms with Crippen molar-refractivity contribution in [2.45, 2.75) is 38.8 Å². The van der Waals surface area contributed by atoms with Crippen LogP contribution in [0.5, 0.6) is 5.75 Å². The summed E-state index contributed by atoms with van der Waals surface area (Å²) in [5.41, 5.74) is 6.19. The number of carbonyl (C=O) groups is 1. The number of carboxylic acid groups (broad SMARTS) is 1. The molecule has 180 valence electrons. The molecule has 1 N–H and O–H groups in total. The lowest BCUT2D eigenvalue weighted by atomic mass is 9.95. The van der Waals surface area contributed by atoms with Crippen LogP contribution < -0.4 is 4.74 Å². The maximum atomic E-state index is 11.1. The van der Waals surface area contributed by atoms with Gasteiger partial charge >= 0.3 is 5.97 Å². The van der Waals surface area contributed by atoms with Crippen LogP contribution in [-0.2, 0) is 17.9 Å². The molecule has 4 rings (SSSR count). The van der Waals surface area contributed by atoms with Gasteiger partial charge in [0, 0.05) is 25.6 Å². The van der Waals surface area contributed by atoms with Crippen molar-refractivity contribution >= 4 is 11.5 Å². The van der Waals surface area contributed by atoms with E-state index < -0.39 is 5.97 Å².